The molecule has 26 heavy (non-hydrogen) atoms. The van der Waals surface area contributed by atoms with Crippen molar-refractivity contribution in [3.8, 4) is 0 Å². The van der Waals surface area contributed by atoms with Crippen LogP contribution in [0.15, 0.2) is 72.9 Å². The third-order valence-corrected chi connectivity index (χ3v) is 4.71. The first kappa shape index (κ1) is 16.3. The lowest BCUT2D eigenvalue weighted by molar-refractivity contribution is 0.0986. The summed E-state index contributed by atoms with van der Waals surface area (Å²) >= 11 is 0. The van der Waals surface area contributed by atoms with Gasteiger partial charge in [-0.3, -0.25) is 4.79 Å². The van der Waals surface area contributed by atoms with E-state index in [9.17, 15) is 4.79 Å². The molecule has 0 bridgehead atoms. The van der Waals surface area contributed by atoms with Crippen LogP contribution in [0.4, 0.5) is 11.5 Å². The highest BCUT2D eigenvalue weighted by Gasteiger charge is 2.28. The number of fused-ring (bicyclic) bond motifs is 1. The molecule has 0 aliphatic carbocycles. The molecule has 0 atom stereocenters. The summed E-state index contributed by atoms with van der Waals surface area (Å²) in [5, 5.41) is 0. The number of aromatic nitrogens is 1. The first-order valence-corrected chi connectivity index (χ1v) is 8.85. The predicted octanol–water partition coefficient (Wildman–Crippen LogP) is 4.06. The summed E-state index contributed by atoms with van der Waals surface area (Å²) in [5.74, 6) is 0.890. The van der Waals surface area contributed by atoms with E-state index in [1.165, 1.54) is 5.56 Å². The molecular weight excluding hydrogens is 322 g/mol. The molecule has 0 N–H and O–H groups in total. The van der Waals surface area contributed by atoms with Gasteiger partial charge in [0.05, 0.1) is 5.69 Å². The second kappa shape index (κ2) is 7.00. The van der Waals surface area contributed by atoms with Gasteiger partial charge in [-0.05, 0) is 36.8 Å². The number of hydrogen-bond donors (Lipinski definition) is 0. The van der Waals surface area contributed by atoms with E-state index in [2.05, 4.69) is 22.0 Å². The lowest BCUT2D eigenvalue weighted by atomic mass is 10.1. The number of carbonyl (C=O) groups is 1. The average molecular weight is 343 g/mol. The fraction of sp³-hybridized carbons (Fsp3) is 0.182. The molecule has 4 heteroatoms. The molecule has 2 aromatic carbocycles. The van der Waals surface area contributed by atoms with Crippen LogP contribution in [0.1, 0.15) is 21.5 Å². The Labute approximate surface area is 153 Å². The van der Waals surface area contributed by atoms with Gasteiger partial charge < -0.3 is 9.80 Å². The van der Waals surface area contributed by atoms with E-state index in [0.29, 0.717) is 12.1 Å². The highest BCUT2D eigenvalue weighted by molar-refractivity contribution is 6.08. The number of carbonyl (C=O) groups excluding carboxylic acids is 1. The van der Waals surface area contributed by atoms with Gasteiger partial charge in [-0.15, -0.1) is 0 Å². The minimum Gasteiger partial charge on any atom is -0.349 e. The van der Waals surface area contributed by atoms with Gasteiger partial charge in [-0.1, -0.05) is 48.0 Å². The fourth-order valence-electron chi connectivity index (χ4n) is 3.31. The maximum absolute atomic E-state index is 13.0. The molecule has 0 saturated heterocycles. The third kappa shape index (κ3) is 3.18. The highest BCUT2D eigenvalue weighted by atomic mass is 16.2. The smallest absolute Gasteiger partial charge is 0.258 e. The number of amides is 1. The van der Waals surface area contributed by atoms with Crippen LogP contribution in [0.5, 0.6) is 0 Å². The maximum atomic E-state index is 13.0. The van der Waals surface area contributed by atoms with Gasteiger partial charge in [0.25, 0.3) is 5.91 Å². The van der Waals surface area contributed by atoms with Crippen molar-refractivity contribution in [2.45, 2.75) is 13.5 Å². The third-order valence-electron chi connectivity index (χ3n) is 4.71. The van der Waals surface area contributed by atoms with E-state index in [0.717, 1.165) is 30.2 Å². The first-order chi connectivity index (χ1) is 12.7. The molecule has 0 fully saturated rings. The van der Waals surface area contributed by atoms with E-state index in [4.69, 9.17) is 0 Å². The molecule has 0 spiro atoms. The summed E-state index contributed by atoms with van der Waals surface area (Å²) in [6, 6.07) is 22.0. The summed E-state index contributed by atoms with van der Waals surface area (Å²) in [4.78, 5) is 21.7. The minimum atomic E-state index is 0.0265. The van der Waals surface area contributed by atoms with Crippen LogP contribution in [-0.4, -0.2) is 24.0 Å². The first-order valence-electron chi connectivity index (χ1n) is 8.85. The van der Waals surface area contributed by atoms with Crippen LogP contribution in [0, 0.1) is 6.92 Å². The van der Waals surface area contributed by atoms with Crippen molar-refractivity contribution < 1.29 is 4.79 Å². The van der Waals surface area contributed by atoms with Crippen molar-refractivity contribution in [1.82, 2.24) is 4.98 Å². The molecule has 2 heterocycles. The number of nitrogens with zero attached hydrogens (tertiary/aromatic N) is 3. The lowest BCUT2D eigenvalue weighted by Crippen LogP contribution is -2.44. The molecule has 130 valence electrons. The fourth-order valence-corrected chi connectivity index (χ4v) is 3.31. The van der Waals surface area contributed by atoms with Crippen LogP contribution in [-0.2, 0) is 6.54 Å². The number of benzene rings is 2. The van der Waals surface area contributed by atoms with Crippen molar-refractivity contribution in [3.63, 3.8) is 0 Å². The molecule has 0 radical (unpaired) electrons. The van der Waals surface area contributed by atoms with E-state index >= 15 is 0 Å². The van der Waals surface area contributed by atoms with Gasteiger partial charge in [-0.25, -0.2) is 4.98 Å². The second-order valence-corrected chi connectivity index (χ2v) is 6.58. The second-order valence-electron chi connectivity index (χ2n) is 6.58. The van der Waals surface area contributed by atoms with Crippen LogP contribution in [0.2, 0.25) is 0 Å². The Morgan fingerprint density at radius 1 is 0.962 bits per heavy atom. The van der Waals surface area contributed by atoms with E-state index in [-0.39, 0.29) is 5.91 Å². The van der Waals surface area contributed by atoms with E-state index < -0.39 is 0 Å². The molecule has 1 aliphatic heterocycles. The largest absolute Gasteiger partial charge is 0.349 e. The Balaban J connectivity index is 1.63. The standard InChI is InChI=1S/C22H21N3O/c1-17-9-11-19(12-10-17)22(26)25-15-14-24(16-18-6-3-2-4-7-18)21-20(25)8-5-13-23-21/h2-13H,14-16H2,1H3. The average Bonchev–Trinajstić information content (AvgIpc) is 2.69. The lowest BCUT2D eigenvalue weighted by Gasteiger charge is -2.36. The highest BCUT2D eigenvalue weighted by Crippen LogP contribution is 2.32. The van der Waals surface area contributed by atoms with Gasteiger partial charge >= 0.3 is 0 Å². The summed E-state index contributed by atoms with van der Waals surface area (Å²) in [5.41, 5.74) is 3.97. The maximum Gasteiger partial charge on any atom is 0.258 e. The zero-order valence-electron chi connectivity index (χ0n) is 14.8. The molecule has 1 amide bonds. The number of pyridine rings is 1. The van der Waals surface area contributed by atoms with Gasteiger partial charge in [0.15, 0.2) is 5.82 Å². The van der Waals surface area contributed by atoms with Gasteiger partial charge in [-0.2, -0.15) is 0 Å². The number of rotatable bonds is 3. The molecule has 1 aromatic heterocycles. The summed E-state index contributed by atoms with van der Waals surface area (Å²) in [6.45, 7) is 4.22. The number of hydrogen-bond acceptors (Lipinski definition) is 3. The molecule has 4 nitrogen and oxygen atoms in total. The quantitative estimate of drug-likeness (QED) is 0.720. The van der Waals surface area contributed by atoms with E-state index in [1.54, 1.807) is 6.20 Å². The normalized spacial score (nSPS) is 13.4. The summed E-state index contributed by atoms with van der Waals surface area (Å²) in [6.07, 6.45) is 1.79. The monoisotopic (exact) mass is 343 g/mol. The summed E-state index contributed by atoms with van der Waals surface area (Å²) < 4.78 is 0. The van der Waals surface area contributed by atoms with E-state index in [1.807, 2.05) is 66.4 Å². The van der Waals surface area contributed by atoms with Crippen molar-refractivity contribution in [2.75, 3.05) is 22.9 Å². The van der Waals surface area contributed by atoms with Crippen LogP contribution in [0.25, 0.3) is 0 Å². The topological polar surface area (TPSA) is 36.4 Å². The van der Waals surface area contributed by atoms with Crippen molar-refractivity contribution in [1.29, 1.82) is 0 Å². The van der Waals surface area contributed by atoms with Crippen LogP contribution >= 0.6 is 0 Å². The molecule has 0 unspecified atom stereocenters. The minimum absolute atomic E-state index is 0.0265. The van der Waals surface area contributed by atoms with Gasteiger partial charge in [0, 0.05) is 31.4 Å². The Bertz CT molecular complexity index is 906. The molecule has 0 saturated carbocycles. The van der Waals surface area contributed by atoms with Gasteiger partial charge in [0.2, 0.25) is 0 Å². The predicted molar refractivity (Wildman–Crippen MR) is 105 cm³/mol. The Kier molecular flexibility index (Phi) is 4.40. The Morgan fingerprint density at radius 2 is 1.73 bits per heavy atom. The molecular formula is C22H21N3O. The van der Waals surface area contributed by atoms with Crippen molar-refractivity contribution in [2.24, 2.45) is 0 Å². The number of anilines is 2. The number of aryl methyl sites for hydroxylation is 1. The SMILES string of the molecule is Cc1ccc(C(=O)N2CCN(Cc3ccccc3)c3ncccc32)cc1. The van der Waals surface area contributed by atoms with Crippen molar-refractivity contribution in [3.05, 3.63) is 89.6 Å². The van der Waals surface area contributed by atoms with Crippen molar-refractivity contribution >= 4 is 17.4 Å². The molecule has 4 rings (SSSR count). The van der Waals surface area contributed by atoms with Crippen LogP contribution in [0.3, 0.4) is 0 Å². The Hall–Kier alpha value is -3.14. The zero-order valence-corrected chi connectivity index (χ0v) is 14.8. The molecule has 1 aliphatic rings. The van der Waals surface area contributed by atoms with Gasteiger partial charge in [0.1, 0.15) is 0 Å². The summed E-state index contributed by atoms with van der Waals surface area (Å²) in [7, 11) is 0. The molecule has 3 aromatic rings. The van der Waals surface area contributed by atoms with Crippen LogP contribution < -0.4 is 9.80 Å². The Morgan fingerprint density at radius 3 is 2.50 bits per heavy atom. The zero-order chi connectivity index (χ0) is 17.9.